The zero-order valence-corrected chi connectivity index (χ0v) is 17.9. The maximum absolute atomic E-state index is 12.3. The van der Waals surface area contributed by atoms with Crippen molar-refractivity contribution in [1.29, 1.82) is 0 Å². The highest BCUT2D eigenvalue weighted by atomic mass is 32.2. The van der Waals surface area contributed by atoms with Crippen LogP contribution in [0.1, 0.15) is 59.5 Å². The molecule has 1 amide bonds. The van der Waals surface area contributed by atoms with Gasteiger partial charge in [0.15, 0.2) is 5.13 Å². The Labute approximate surface area is 170 Å². The molecule has 1 heterocycles. The molecule has 0 saturated heterocycles. The molecule has 2 aromatic rings. The average molecular weight is 404 g/mol. The Hall–Kier alpha value is -1.53. The molecule has 1 aliphatic carbocycles. The highest BCUT2D eigenvalue weighted by Crippen LogP contribution is 2.30. The van der Waals surface area contributed by atoms with E-state index in [4.69, 9.17) is 4.98 Å². The number of hydrogen-bond donors (Lipinski definition) is 1. The predicted molar refractivity (Wildman–Crippen MR) is 117 cm³/mol. The van der Waals surface area contributed by atoms with Crippen molar-refractivity contribution in [1.82, 2.24) is 9.71 Å². The van der Waals surface area contributed by atoms with Crippen molar-refractivity contribution in [2.75, 3.05) is 17.7 Å². The van der Waals surface area contributed by atoms with Crippen LogP contribution in [-0.2, 0) is 6.54 Å². The molecule has 3 rings (SSSR count). The van der Waals surface area contributed by atoms with Gasteiger partial charge in [-0.2, -0.15) is 0 Å². The number of thiazole rings is 1. The summed E-state index contributed by atoms with van der Waals surface area (Å²) in [6.45, 7) is 3.82. The molecule has 27 heavy (non-hydrogen) atoms. The van der Waals surface area contributed by atoms with Gasteiger partial charge in [0.25, 0.3) is 5.91 Å². The van der Waals surface area contributed by atoms with E-state index in [2.05, 4.69) is 33.9 Å². The van der Waals surface area contributed by atoms with Gasteiger partial charge in [0.2, 0.25) is 0 Å². The molecule has 0 atom stereocenters. The van der Waals surface area contributed by atoms with Crippen LogP contribution < -0.4 is 9.62 Å². The van der Waals surface area contributed by atoms with Crippen LogP contribution in [0, 0.1) is 12.8 Å². The average Bonchev–Trinajstić information content (AvgIpc) is 3.08. The first-order chi connectivity index (χ1) is 13.2. The number of hydrogen-bond acceptors (Lipinski definition) is 5. The van der Waals surface area contributed by atoms with Crippen molar-refractivity contribution in [2.45, 2.75) is 52.0 Å². The first kappa shape index (κ1) is 20.2. The van der Waals surface area contributed by atoms with E-state index in [-0.39, 0.29) is 5.91 Å². The molecular weight excluding hydrogens is 374 g/mol. The highest BCUT2D eigenvalue weighted by Gasteiger charge is 2.21. The van der Waals surface area contributed by atoms with E-state index < -0.39 is 0 Å². The summed E-state index contributed by atoms with van der Waals surface area (Å²) in [4.78, 5) is 20.3. The van der Waals surface area contributed by atoms with Crippen LogP contribution in [0.25, 0.3) is 0 Å². The van der Waals surface area contributed by atoms with Crippen molar-refractivity contribution < 1.29 is 4.79 Å². The van der Waals surface area contributed by atoms with Gasteiger partial charge < -0.3 is 4.90 Å². The Morgan fingerprint density at radius 1 is 1.26 bits per heavy atom. The van der Waals surface area contributed by atoms with E-state index in [0.717, 1.165) is 29.0 Å². The third kappa shape index (κ3) is 5.72. The van der Waals surface area contributed by atoms with Gasteiger partial charge in [0, 0.05) is 24.2 Å². The molecule has 6 heteroatoms. The van der Waals surface area contributed by atoms with E-state index in [9.17, 15) is 4.79 Å². The Balaban J connectivity index is 1.76. The Morgan fingerprint density at radius 3 is 2.70 bits per heavy atom. The second-order valence-electron chi connectivity index (χ2n) is 7.24. The Bertz CT molecular complexity index is 726. The number of nitrogens with zero attached hydrogens (tertiary/aromatic N) is 2. The molecule has 0 radical (unpaired) electrons. The van der Waals surface area contributed by atoms with E-state index in [1.54, 1.807) is 11.3 Å². The molecule has 0 bridgehead atoms. The lowest BCUT2D eigenvalue weighted by atomic mass is 9.87. The SMILES string of the molecule is CSNC(=O)c1nc(N(CCC2CCCCC2)Cc2ccccc2)sc1C. The number of rotatable bonds is 8. The molecule has 4 nitrogen and oxygen atoms in total. The number of amides is 1. The molecule has 0 spiro atoms. The van der Waals surface area contributed by atoms with Crippen LogP contribution in [-0.4, -0.2) is 23.7 Å². The molecule has 146 valence electrons. The monoisotopic (exact) mass is 403 g/mol. The summed E-state index contributed by atoms with van der Waals surface area (Å²) < 4.78 is 2.79. The van der Waals surface area contributed by atoms with E-state index >= 15 is 0 Å². The van der Waals surface area contributed by atoms with Crippen LogP contribution >= 0.6 is 23.3 Å². The lowest BCUT2D eigenvalue weighted by Gasteiger charge is -2.27. The van der Waals surface area contributed by atoms with E-state index in [0.29, 0.717) is 5.69 Å². The number of carbonyl (C=O) groups excluding carboxylic acids is 1. The van der Waals surface area contributed by atoms with Crippen molar-refractivity contribution >= 4 is 34.3 Å². The van der Waals surface area contributed by atoms with E-state index in [1.165, 1.54) is 56.0 Å². The minimum atomic E-state index is -0.102. The predicted octanol–water partition coefficient (Wildman–Crippen LogP) is 5.44. The van der Waals surface area contributed by atoms with Gasteiger partial charge in [-0.3, -0.25) is 9.52 Å². The quantitative estimate of drug-likeness (QED) is 0.597. The van der Waals surface area contributed by atoms with Gasteiger partial charge in [0.1, 0.15) is 5.69 Å². The smallest absolute Gasteiger partial charge is 0.280 e. The standard InChI is InChI=1S/C21H29N3OS2/c1-16-19(20(25)23-26-2)22-21(27-16)24(15-18-11-7-4-8-12-18)14-13-17-9-5-3-6-10-17/h4,7-8,11-12,17H,3,5-6,9-10,13-15H2,1-2H3,(H,23,25). The molecular formula is C21H29N3OS2. The number of nitrogens with one attached hydrogen (secondary N) is 1. The zero-order valence-electron chi connectivity index (χ0n) is 16.2. The normalized spacial score (nSPS) is 14.9. The fourth-order valence-corrected chi connectivity index (χ4v) is 4.94. The second-order valence-corrected chi connectivity index (χ2v) is 9.03. The molecule has 0 unspecified atom stereocenters. The second kappa shape index (κ2) is 10.1. The van der Waals surface area contributed by atoms with Crippen LogP contribution in [0.15, 0.2) is 30.3 Å². The lowest BCUT2D eigenvalue weighted by Crippen LogP contribution is -2.26. The summed E-state index contributed by atoms with van der Waals surface area (Å²) in [5.41, 5.74) is 1.84. The topological polar surface area (TPSA) is 45.2 Å². The minimum Gasteiger partial charge on any atom is -0.344 e. The van der Waals surface area contributed by atoms with E-state index in [1.807, 2.05) is 19.2 Å². The van der Waals surface area contributed by atoms with Gasteiger partial charge >= 0.3 is 0 Å². The lowest BCUT2D eigenvalue weighted by molar-refractivity contribution is 0.0980. The van der Waals surface area contributed by atoms with Crippen LogP contribution in [0.2, 0.25) is 0 Å². The summed E-state index contributed by atoms with van der Waals surface area (Å²) in [6, 6.07) is 10.5. The first-order valence-electron chi connectivity index (χ1n) is 9.77. The maximum atomic E-state index is 12.3. The highest BCUT2D eigenvalue weighted by molar-refractivity contribution is 7.97. The number of aryl methyl sites for hydroxylation is 1. The Morgan fingerprint density at radius 2 is 2.00 bits per heavy atom. The fraction of sp³-hybridized carbons (Fsp3) is 0.524. The van der Waals surface area contributed by atoms with Crippen LogP contribution in [0.4, 0.5) is 5.13 Å². The van der Waals surface area contributed by atoms with Crippen LogP contribution in [0.3, 0.4) is 0 Å². The zero-order chi connectivity index (χ0) is 19.1. The van der Waals surface area contributed by atoms with Gasteiger partial charge in [0.05, 0.1) is 0 Å². The molecule has 1 aromatic heterocycles. The summed E-state index contributed by atoms with van der Waals surface area (Å²) >= 11 is 2.94. The molecule has 1 fully saturated rings. The molecule has 1 N–H and O–H groups in total. The summed E-state index contributed by atoms with van der Waals surface area (Å²) in [6.07, 6.45) is 9.92. The number of carbonyl (C=O) groups is 1. The third-order valence-electron chi connectivity index (χ3n) is 5.21. The van der Waals surface area contributed by atoms with Gasteiger partial charge in [-0.25, -0.2) is 4.98 Å². The largest absolute Gasteiger partial charge is 0.344 e. The van der Waals surface area contributed by atoms with Gasteiger partial charge in [-0.15, -0.1) is 11.3 Å². The third-order valence-corrected chi connectivity index (χ3v) is 6.64. The Kier molecular flexibility index (Phi) is 7.59. The first-order valence-corrected chi connectivity index (χ1v) is 11.8. The molecule has 0 aliphatic heterocycles. The van der Waals surface area contributed by atoms with Crippen molar-refractivity contribution in [3.63, 3.8) is 0 Å². The molecule has 1 saturated carbocycles. The van der Waals surface area contributed by atoms with Crippen molar-refractivity contribution in [3.8, 4) is 0 Å². The van der Waals surface area contributed by atoms with Crippen LogP contribution in [0.5, 0.6) is 0 Å². The number of anilines is 1. The summed E-state index contributed by atoms with van der Waals surface area (Å²) in [5.74, 6) is 0.729. The number of benzene rings is 1. The van der Waals surface area contributed by atoms with Gasteiger partial charge in [-0.05, 0) is 24.8 Å². The minimum absolute atomic E-state index is 0.102. The van der Waals surface area contributed by atoms with Gasteiger partial charge in [-0.1, -0.05) is 74.4 Å². The molecule has 1 aromatic carbocycles. The summed E-state index contributed by atoms with van der Waals surface area (Å²) in [5, 5.41) is 0.957. The fourth-order valence-electron chi connectivity index (χ4n) is 3.73. The molecule has 1 aliphatic rings. The summed E-state index contributed by atoms with van der Waals surface area (Å²) in [7, 11) is 0. The number of aromatic nitrogens is 1. The van der Waals surface area contributed by atoms with Crippen molar-refractivity contribution in [2.24, 2.45) is 5.92 Å². The van der Waals surface area contributed by atoms with Crippen molar-refractivity contribution in [3.05, 3.63) is 46.5 Å². The maximum Gasteiger partial charge on any atom is 0.280 e.